The van der Waals surface area contributed by atoms with Gasteiger partial charge in [-0.1, -0.05) is 96.0 Å². The Labute approximate surface area is 206 Å². The molecule has 0 fully saturated rings. The summed E-state index contributed by atoms with van der Waals surface area (Å²) in [6.07, 6.45) is 5.40. The maximum atomic E-state index is 4.63. The molecule has 2 nitrogen and oxygen atoms in total. The van der Waals surface area contributed by atoms with Gasteiger partial charge in [0.05, 0.1) is 16.1 Å². The molecule has 159 valence electrons. The molecule has 1 aromatic heterocycles. The van der Waals surface area contributed by atoms with Crippen LogP contribution in [0.1, 0.15) is 0 Å². The molecule has 6 heteroatoms. The van der Waals surface area contributed by atoms with Gasteiger partial charge in [0.1, 0.15) is 0 Å². The van der Waals surface area contributed by atoms with Crippen LogP contribution < -0.4 is 37.1 Å². The molecule has 0 bridgehead atoms. The van der Waals surface area contributed by atoms with Crippen LogP contribution in [0.5, 0.6) is 0 Å². The minimum Gasteiger partial charge on any atom is -0.302 e. The van der Waals surface area contributed by atoms with E-state index in [1.165, 1.54) is 16.1 Å². The van der Waals surface area contributed by atoms with Gasteiger partial charge in [0, 0.05) is 44.4 Å². The van der Waals surface area contributed by atoms with E-state index in [0.717, 1.165) is 11.3 Å². The molecule has 0 aliphatic carbocycles. The maximum Gasteiger partial charge on any atom is 0.190 e. The zero-order valence-electron chi connectivity index (χ0n) is 18.7. The fraction of sp³-hybridized carbons (Fsp3) is 0.154. The second kappa shape index (κ2) is 7.46. The second-order valence-electron chi connectivity index (χ2n) is 9.83. The third kappa shape index (κ3) is 2.87. The van der Waals surface area contributed by atoms with E-state index in [1.54, 1.807) is 33.4 Å². The van der Waals surface area contributed by atoms with Crippen LogP contribution in [0.25, 0.3) is 11.3 Å². The molecule has 0 atom stereocenters. The number of hydrogen-bond acceptors (Lipinski definition) is 2. The van der Waals surface area contributed by atoms with Gasteiger partial charge in [-0.2, -0.15) is 0 Å². The summed E-state index contributed by atoms with van der Waals surface area (Å²) in [5, 5.41) is 6.12. The molecule has 0 unspecified atom stereocenters. The molecule has 0 saturated heterocycles. The third-order valence-electron chi connectivity index (χ3n) is 7.42. The molecule has 3 aromatic carbocycles. The normalized spacial score (nSPS) is 16.3. The predicted octanol–water partition coefficient (Wildman–Crippen LogP) is 0.729. The van der Waals surface area contributed by atoms with Crippen molar-refractivity contribution in [1.29, 1.82) is 0 Å². The maximum absolute atomic E-state index is 4.63. The Kier molecular flexibility index (Phi) is 5.06. The van der Waals surface area contributed by atoms with E-state index in [9.17, 15) is 0 Å². The quantitative estimate of drug-likeness (QED) is 0.231. The standard InChI is InChI=1S/C26H24BN2Si2.Ir/c1-30(2)22-11-7-5-9-19(22)27-20-10-6-8-12-23(20)31(3,4)25-16-18(15-24(30)26(25)27)21-17-28-13-14-29-21;/h5-15,17H,1-4H3;/q-1;. The number of hydrogen-bond donors (Lipinski definition) is 0. The van der Waals surface area contributed by atoms with Crippen LogP contribution in [0, 0.1) is 6.07 Å². The summed E-state index contributed by atoms with van der Waals surface area (Å²) in [5.74, 6) is 0. The van der Waals surface area contributed by atoms with Crippen LogP contribution in [0.4, 0.5) is 0 Å². The molecule has 1 radical (unpaired) electrons. The van der Waals surface area contributed by atoms with Gasteiger partial charge in [-0.3, -0.25) is 4.98 Å². The largest absolute Gasteiger partial charge is 0.302 e. The molecular weight excluding hydrogens is 600 g/mol. The minimum atomic E-state index is -1.92. The molecule has 0 spiro atoms. The fourth-order valence-corrected chi connectivity index (χ4v) is 12.3. The molecule has 4 aromatic rings. The van der Waals surface area contributed by atoms with E-state index < -0.39 is 16.1 Å². The minimum absolute atomic E-state index is 0. The Hall–Kier alpha value is -2.11. The van der Waals surface area contributed by atoms with Gasteiger partial charge in [0.25, 0.3) is 0 Å². The first-order valence-electron chi connectivity index (χ1n) is 11.0. The predicted molar refractivity (Wildman–Crippen MR) is 137 cm³/mol. The molecule has 0 amide bonds. The number of fused-ring (bicyclic) bond motifs is 4. The Morgan fingerprint density at radius 1 is 0.781 bits per heavy atom. The van der Waals surface area contributed by atoms with Gasteiger partial charge < -0.3 is 4.98 Å². The number of aromatic nitrogens is 2. The summed E-state index contributed by atoms with van der Waals surface area (Å²) < 4.78 is 0. The molecule has 2 aliphatic heterocycles. The topological polar surface area (TPSA) is 25.8 Å². The monoisotopic (exact) mass is 624 g/mol. The third-order valence-corrected chi connectivity index (χ3v) is 14.4. The van der Waals surface area contributed by atoms with Crippen LogP contribution in [-0.2, 0) is 20.1 Å². The number of benzene rings is 3. The molecular formula is C26H24BIrN2Si2-. The average molecular weight is 624 g/mol. The Balaban J connectivity index is 0.00000216. The van der Waals surface area contributed by atoms with Crippen molar-refractivity contribution in [3.63, 3.8) is 0 Å². The van der Waals surface area contributed by atoms with Gasteiger partial charge in [-0.05, 0) is 0 Å². The van der Waals surface area contributed by atoms with Gasteiger partial charge >= 0.3 is 0 Å². The first-order valence-corrected chi connectivity index (χ1v) is 17.0. The van der Waals surface area contributed by atoms with E-state index in [-0.39, 0.29) is 20.1 Å². The van der Waals surface area contributed by atoms with Gasteiger partial charge in [-0.25, -0.2) is 0 Å². The van der Waals surface area contributed by atoms with Gasteiger partial charge in [0.15, 0.2) is 6.71 Å². The van der Waals surface area contributed by atoms with E-state index in [2.05, 4.69) is 96.8 Å². The van der Waals surface area contributed by atoms with E-state index in [1.807, 2.05) is 6.20 Å². The SMILES string of the molecule is C[Si]1(C)c2[c-]c(-c3cnccn3)cc3c2B(c2ccccc21)c1ccccc1[Si]3(C)C.[Ir]. The molecule has 32 heavy (non-hydrogen) atoms. The number of nitrogens with zero attached hydrogens (tertiary/aromatic N) is 2. The smallest absolute Gasteiger partial charge is 0.190 e. The Morgan fingerprint density at radius 2 is 1.41 bits per heavy atom. The van der Waals surface area contributed by atoms with Crippen molar-refractivity contribution in [2.75, 3.05) is 0 Å². The van der Waals surface area contributed by atoms with Crippen molar-refractivity contribution >= 4 is 60.0 Å². The molecule has 0 N–H and O–H groups in total. The van der Waals surface area contributed by atoms with Crippen LogP contribution in [0.2, 0.25) is 26.2 Å². The van der Waals surface area contributed by atoms with Gasteiger partial charge in [0.2, 0.25) is 0 Å². The number of rotatable bonds is 1. The van der Waals surface area contributed by atoms with Crippen molar-refractivity contribution in [2.24, 2.45) is 0 Å². The molecule has 6 rings (SSSR count). The van der Waals surface area contributed by atoms with Crippen LogP contribution in [0.15, 0.2) is 73.2 Å². The van der Waals surface area contributed by atoms with Crippen molar-refractivity contribution in [3.8, 4) is 11.3 Å². The summed E-state index contributed by atoms with van der Waals surface area (Å²) >= 11 is 0. The second-order valence-corrected chi connectivity index (χ2v) is 18.4. The van der Waals surface area contributed by atoms with Crippen molar-refractivity contribution < 1.29 is 20.1 Å². The molecule has 2 aliphatic rings. The zero-order chi connectivity index (χ0) is 21.4. The first kappa shape index (κ1) is 21.7. The molecule has 3 heterocycles. The summed E-state index contributed by atoms with van der Waals surface area (Å²) in [4.78, 5) is 8.97. The van der Waals surface area contributed by atoms with Crippen LogP contribution >= 0.6 is 0 Å². The summed E-state index contributed by atoms with van der Waals surface area (Å²) in [5.41, 5.74) is 6.58. The van der Waals surface area contributed by atoms with Crippen molar-refractivity contribution in [1.82, 2.24) is 9.97 Å². The Morgan fingerprint density at radius 3 is 2.03 bits per heavy atom. The average Bonchev–Trinajstić information content (AvgIpc) is 2.79. The fourth-order valence-electron chi connectivity index (χ4n) is 5.87. The van der Waals surface area contributed by atoms with Gasteiger partial charge in [-0.15, -0.1) is 33.5 Å². The van der Waals surface area contributed by atoms with E-state index in [0.29, 0.717) is 6.71 Å². The van der Waals surface area contributed by atoms with Crippen LogP contribution in [0.3, 0.4) is 0 Å². The van der Waals surface area contributed by atoms with E-state index >= 15 is 0 Å². The molecule has 0 saturated carbocycles. The summed E-state index contributed by atoms with van der Waals surface area (Å²) in [6, 6.07) is 24.6. The van der Waals surface area contributed by atoms with E-state index in [4.69, 9.17) is 0 Å². The Bertz CT molecular complexity index is 1270. The first-order chi connectivity index (χ1) is 14.9. The summed E-state index contributed by atoms with van der Waals surface area (Å²) in [6.45, 7) is 10.3. The van der Waals surface area contributed by atoms with Crippen LogP contribution in [-0.4, -0.2) is 32.8 Å². The van der Waals surface area contributed by atoms with Crippen molar-refractivity contribution in [2.45, 2.75) is 26.2 Å². The zero-order valence-corrected chi connectivity index (χ0v) is 23.1. The van der Waals surface area contributed by atoms with Crippen molar-refractivity contribution in [3.05, 3.63) is 79.3 Å². The summed E-state index contributed by atoms with van der Waals surface area (Å²) in [7, 11) is -3.80.